The molecule has 0 bridgehead atoms. The quantitative estimate of drug-likeness (QED) is 0.491. The first-order valence-electron chi connectivity index (χ1n) is 8.69. The second-order valence-corrected chi connectivity index (χ2v) is 9.82. The minimum Gasteiger partial charge on any atom is -0.316 e. The molecule has 1 aliphatic rings. The lowest BCUT2D eigenvalue weighted by Crippen LogP contribution is -2.14. The van der Waals surface area contributed by atoms with E-state index in [4.69, 9.17) is 0 Å². The fourth-order valence-electron chi connectivity index (χ4n) is 3.33. The van der Waals surface area contributed by atoms with E-state index in [-0.39, 0.29) is 11.7 Å². The maximum Gasteiger partial charge on any atom is 0.235 e. The molecule has 0 aliphatic heterocycles. The summed E-state index contributed by atoms with van der Waals surface area (Å²) in [6.07, 6.45) is 3.05. The number of thiophene rings is 2. The molecule has 3 heterocycles. The number of carbonyl (C=O) groups is 1. The Bertz CT molecular complexity index is 1110. The molecule has 1 amide bonds. The molecule has 5 nitrogen and oxygen atoms in total. The molecular weight excluding hydrogens is 396 g/mol. The van der Waals surface area contributed by atoms with Crippen molar-refractivity contribution in [3.05, 3.63) is 32.3 Å². The molecular formula is C19H18N4OS3. The molecule has 0 aromatic carbocycles. The first kappa shape index (κ1) is 18.4. The van der Waals surface area contributed by atoms with Gasteiger partial charge in [0.2, 0.25) is 5.91 Å². The molecule has 1 N–H and O–H groups in total. The molecule has 4 rings (SSSR count). The van der Waals surface area contributed by atoms with Crippen LogP contribution in [0.25, 0.3) is 10.2 Å². The van der Waals surface area contributed by atoms with Crippen LogP contribution in [0.15, 0.2) is 5.03 Å². The summed E-state index contributed by atoms with van der Waals surface area (Å²) in [5.41, 5.74) is 2.96. The Kier molecular flexibility index (Phi) is 4.93. The van der Waals surface area contributed by atoms with Crippen molar-refractivity contribution < 1.29 is 4.79 Å². The number of hydrogen-bond donors (Lipinski definition) is 1. The van der Waals surface area contributed by atoms with Gasteiger partial charge in [0.25, 0.3) is 0 Å². The third-order valence-electron chi connectivity index (χ3n) is 4.73. The van der Waals surface area contributed by atoms with E-state index in [1.165, 1.54) is 27.1 Å². The van der Waals surface area contributed by atoms with Crippen LogP contribution in [0.2, 0.25) is 0 Å². The van der Waals surface area contributed by atoms with Crippen molar-refractivity contribution in [1.29, 1.82) is 5.26 Å². The molecule has 0 saturated heterocycles. The zero-order valence-electron chi connectivity index (χ0n) is 15.3. The van der Waals surface area contributed by atoms with E-state index in [9.17, 15) is 10.1 Å². The summed E-state index contributed by atoms with van der Waals surface area (Å²) in [6.45, 7) is 6.03. The lowest BCUT2D eigenvalue weighted by Gasteiger charge is -2.06. The molecule has 1 aliphatic carbocycles. The van der Waals surface area contributed by atoms with Gasteiger partial charge in [0, 0.05) is 15.1 Å². The maximum atomic E-state index is 12.5. The van der Waals surface area contributed by atoms with Gasteiger partial charge in [-0.3, -0.25) is 4.79 Å². The molecule has 0 spiro atoms. The number of fused-ring (bicyclic) bond motifs is 2. The molecule has 138 valence electrons. The van der Waals surface area contributed by atoms with Crippen molar-refractivity contribution in [2.45, 2.75) is 45.1 Å². The number of nitrogens with one attached hydrogen (secondary N) is 1. The largest absolute Gasteiger partial charge is 0.316 e. The summed E-state index contributed by atoms with van der Waals surface area (Å²) in [5, 5.41) is 15.0. The minimum atomic E-state index is -0.106. The summed E-state index contributed by atoms with van der Waals surface area (Å²) < 4.78 is 0. The van der Waals surface area contributed by atoms with Crippen LogP contribution in [0.1, 0.15) is 38.7 Å². The first-order valence-corrected chi connectivity index (χ1v) is 11.3. The lowest BCUT2D eigenvalue weighted by atomic mass is 10.1. The predicted molar refractivity (Wildman–Crippen MR) is 112 cm³/mol. The Labute approximate surface area is 169 Å². The van der Waals surface area contributed by atoms with Gasteiger partial charge in [0.05, 0.1) is 11.3 Å². The van der Waals surface area contributed by atoms with Crippen LogP contribution in [0.4, 0.5) is 5.00 Å². The average Bonchev–Trinajstić information content (AvgIpc) is 3.26. The monoisotopic (exact) mass is 414 g/mol. The van der Waals surface area contributed by atoms with Gasteiger partial charge in [-0.05, 0) is 51.2 Å². The van der Waals surface area contributed by atoms with E-state index >= 15 is 0 Å². The third-order valence-corrected chi connectivity index (χ3v) is 8.02. The Morgan fingerprint density at radius 1 is 1.26 bits per heavy atom. The molecule has 27 heavy (non-hydrogen) atoms. The fraction of sp³-hybridized carbons (Fsp3) is 0.368. The number of aryl methyl sites for hydroxylation is 4. The summed E-state index contributed by atoms with van der Waals surface area (Å²) in [4.78, 5) is 25.0. The van der Waals surface area contributed by atoms with E-state index < -0.39 is 0 Å². The zero-order valence-corrected chi connectivity index (χ0v) is 17.8. The van der Waals surface area contributed by atoms with Crippen LogP contribution in [-0.4, -0.2) is 21.6 Å². The third kappa shape index (κ3) is 3.35. The average molecular weight is 415 g/mol. The second kappa shape index (κ2) is 7.23. The summed E-state index contributed by atoms with van der Waals surface area (Å²) in [5.74, 6) is 0.867. The van der Waals surface area contributed by atoms with E-state index in [0.717, 1.165) is 40.1 Å². The van der Waals surface area contributed by atoms with Crippen LogP contribution in [0, 0.1) is 32.1 Å². The molecule has 0 unspecified atom stereocenters. The standard InChI is InChI=1S/C19H18N4OS3/c1-9-10(2)26-19-16(9)18(21-11(3)22-19)25-8-15(24)23-17-13(7-20)12-5-4-6-14(12)27-17/h4-6,8H2,1-3H3,(H,23,24). The van der Waals surface area contributed by atoms with Crippen molar-refractivity contribution in [3.8, 4) is 6.07 Å². The van der Waals surface area contributed by atoms with Gasteiger partial charge in [-0.1, -0.05) is 11.8 Å². The second-order valence-electron chi connectivity index (χ2n) is 6.55. The topological polar surface area (TPSA) is 78.7 Å². The van der Waals surface area contributed by atoms with Gasteiger partial charge >= 0.3 is 0 Å². The highest BCUT2D eigenvalue weighted by atomic mass is 32.2. The normalized spacial score (nSPS) is 13.0. The lowest BCUT2D eigenvalue weighted by molar-refractivity contribution is -0.113. The summed E-state index contributed by atoms with van der Waals surface area (Å²) in [7, 11) is 0. The van der Waals surface area contributed by atoms with Crippen LogP contribution >= 0.6 is 34.4 Å². The molecule has 0 saturated carbocycles. The molecule has 3 aromatic rings. The number of nitrogens with zero attached hydrogens (tertiary/aromatic N) is 3. The first-order chi connectivity index (χ1) is 13.0. The van der Waals surface area contributed by atoms with Crippen LogP contribution in [0.3, 0.4) is 0 Å². The predicted octanol–water partition coefficient (Wildman–Crippen LogP) is 4.77. The van der Waals surface area contributed by atoms with Gasteiger partial charge < -0.3 is 5.32 Å². The molecule has 0 atom stereocenters. The Morgan fingerprint density at radius 2 is 2.07 bits per heavy atom. The van der Waals surface area contributed by atoms with E-state index in [2.05, 4.69) is 35.2 Å². The Balaban J connectivity index is 1.52. The zero-order chi connectivity index (χ0) is 19.1. The Hall–Kier alpha value is -1.95. The number of nitriles is 1. The van der Waals surface area contributed by atoms with Gasteiger partial charge in [0.15, 0.2) is 0 Å². The van der Waals surface area contributed by atoms with Crippen molar-refractivity contribution >= 4 is 55.6 Å². The molecule has 0 radical (unpaired) electrons. The highest BCUT2D eigenvalue weighted by Gasteiger charge is 2.23. The number of rotatable bonds is 4. The van der Waals surface area contributed by atoms with E-state index in [0.29, 0.717) is 16.4 Å². The van der Waals surface area contributed by atoms with Gasteiger partial charge in [-0.25, -0.2) is 9.97 Å². The van der Waals surface area contributed by atoms with Gasteiger partial charge in [-0.15, -0.1) is 22.7 Å². The van der Waals surface area contributed by atoms with Crippen molar-refractivity contribution in [3.63, 3.8) is 0 Å². The van der Waals surface area contributed by atoms with Gasteiger partial charge in [0.1, 0.15) is 26.8 Å². The molecule has 8 heteroatoms. The Morgan fingerprint density at radius 3 is 2.85 bits per heavy atom. The number of thioether (sulfide) groups is 1. The number of anilines is 1. The van der Waals surface area contributed by atoms with Crippen LogP contribution < -0.4 is 5.32 Å². The minimum absolute atomic E-state index is 0.106. The van der Waals surface area contributed by atoms with Crippen molar-refractivity contribution in [2.75, 3.05) is 11.1 Å². The highest BCUT2D eigenvalue weighted by Crippen LogP contribution is 2.39. The van der Waals surface area contributed by atoms with Crippen LogP contribution in [0.5, 0.6) is 0 Å². The molecule has 0 fully saturated rings. The van der Waals surface area contributed by atoms with Crippen LogP contribution in [-0.2, 0) is 17.6 Å². The van der Waals surface area contributed by atoms with E-state index in [1.807, 2.05) is 6.92 Å². The number of hydrogen-bond acceptors (Lipinski definition) is 7. The summed E-state index contributed by atoms with van der Waals surface area (Å²) >= 11 is 4.64. The van der Waals surface area contributed by atoms with Crippen molar-refractivity contribution in [2.24, 2.45) is 0 Å². The highest BCUT2D eigenvalue weighted by molar-refractivity contribution is 8.00. The summed E-state index contributed by atoms with van der Waals surface area (Å²) in [6, 6.07) is 2.27. The van der Waals surface area contributed by atoms with E-state index in [1.54, 1.807) is 22.7 Å². The number of carbonyl (C=O) groups excluding carboxylic acids is 1. The smallest absolute Gasteiger partial charge is 0.235 e. The van der Waals surface area contributed by atoms with Crippen molar-refractivity contribution in [1.82, 2.24) is 9.97 Å². The molecule has 3 aromatic heterocycles. The SMILES string of the molecule is Cc1nc(SCC(=O)Nc2sc3c(c2C#N)CCC3)c2c(C)c(C)sc2n1. The van der Waals surface area contributed by atoms with Gasteiger partial charge in [-0.2, -0.15) is 5.26 Å². The number of amides is 1. The fourth-order valence-corrected chi connectivity index (χ4v) is 6.65. The number of aromatic nitrogens is 2. The maximum absolute atomic E-state index is 12.5.